The zero-order valence-electron chi connectivity index (χ0n) is 11.7. The van der Waals surface area contributed by atoms with Crippen LogP contribution in [0.1, 0.15) is 38.5 Å². The second kappa shape index (κ2) is 5.52. The lowest BCUT2D eigenvalue weighted by Crippen LogP contribution is -2.33. The Morgan fingerprint density at radius 1 is 1.37 bits per heavy atom. The Labute approximate surface area is 119 Å². The van der Waals surface area contributed by atoms with E-state index >= 15 is 0 Å². The number of sulfonamides is 1. The fourth-order valence-corrected chi connectivity index (χ4v) is 4.61. The van der Waals surface area contributed by atoms with Gasteiger partial charge in [-0.2, -0.15) is 0 Å². The second-order valence-electron chi connectivity index (χ2n) is 5.75. The molecule has 1 aromatic heterocycles. The molecule has 6 heteroatoms. The van der Waals surface area contributed by atoms with Crippen molar-refractivity contribution in [3.8, 4) is 0 Å². The third kappa shape index (κ3) is 4.27. The number of nitrogens with one attached hydrogen (secondary N) is 2. The zero-order chi connectivity index (χ0) is 14.1. The highest BCUT2D eigenvalue weighted by Crippen LogP contribution is 2.36. The molecule has 0 spiro atoms. The van der Waals surface area contributed by atoms with Crippen LogP contribution in [0, 0.1) is 0 Å². The molecular formula is C13H22N2O2S2. The maximum atomic E-state index is 12.2. The van der Waals surface area contributed by atoms with Crippen LogP contribution in [0.15, 0.2) is 16.3 Å². The van der Waals surface area contributed by atoms with Crippen molar-refractivity contribution in [2.75, 3.05) is 6.54 Å². The first-order chi connectivity index (χ1) is 8.81. The van der Waals surface area contributed by atoms with Crippen molar-refractivity contribution in [2.24, 2.45) is 0 Å². The molecule has 0 bridgehead atoms. The summed E-state index contributed by atoms with van der Waals surface area (Å²) in [5.74, 6) is 0. The van der Waals surface area contributed by atoms with Gasteiger partial charge in [0.15, 0.2) is 0 Å². The Bertz CT molecular complexity index is 531. The van der Waals surface area contributed by atoms with Gasteiger partial charge in [-0.25, -0.2) is 13.1 Å². The predicted molar refractivity (Wildman–Crippen MR) is 79.1 cm³/mol. The highest BCUT2D eigenvalue weighted by Gasteiger charge is 2.41. The van der Waals surface area contributed by atoms with Crippen molar-refractivity contribution in [3.63, 3.8) is 0 Å². The van der Waals surface area contributed by atoms with Gasteiger partial charge < -0.3 is 5.32 Å². The molecule has 1 aliphatic carbocycles. The fraction of sp³-hybridized carbons (Fsp3) is 0.692. The lowest BCUT2D eigenvalue weighted by Gasteiger charge is -2.10. The van der Waals surface area contributed by atoms with E-state index in [9.17, 15) is 8.42 Å². The first-order valence-corrected chi connectivity index (χ1v) is 8.97. The van der Waals surface area contributed by atoms with Crippen molar-refractivity contribution >= 4 is 21.4 Å². The Hall–Kier alpha value is -0.430. The molecule has 0 aliphatic heterocycles. The van der Waals surface area contributed by atoms with Gasteiger partial charge in [0.2, 0.25) is 0 Å². The van der Waals surface area contributed by atoms with Crippen LogP contribution in [0.5, 0.6) is 0 Å². The van der Waals surface area contributed by atoms with Crippen LogP contribution in [0.3, 0.4) is 0 Å². The molecule has 2 N–H and O–H groups in total. The summed E-state index contributed by atoms with van der Waals surface area (Å²) in [5, 5.41) is 3.33. The van der Waals surface area contributed by atoms with Crippen molar-refractivity contribution in [1.82, 2.24) is 10.0 Å². The van der Waals surface area contributed by atoms with Crippen LogP contribution in [0.2, 0.25) is 0 Å². The second-order valence-corrected chi connectivity index (χ2v) is 8.82. The molecule has 1 aliphatic rings. The van der Waals surface area contributed by atoms with Gasteiger partial charge in [-0.1, -0.05) is 13.8 Å². The first-order valence-electron chi connectivity index (χ1n) is 6.67. The van der Waals surface area contributed by atoms with Crippen LogP contribution < -0.4 is 10.0 Å². The van der Waals surface area contributed by atoms with Crippen molar-refractivity contribution in [3.05, 3.63) is 17.0 Å². The molecule has 4 nitrogen and oxygen atoms in total. The highest BCUT2D eigenvalue weighted by atomic mass is 32.2. The van der Waals surface area contributed by atoms with Gasteiger partial charge >= 0.3 is 0 Å². The Morgan fingerprint density at radius 3 is 2.63 bits per heavy atom. The van der Waals surface area contributed by atoms with E-state index in [2.05, 4.69) is 23.9 Å². The molecule has 2 rings (SSSR count). The summed E-state index contributed by atoms with van der Waals surface area (Å²) in [6.45, 7) is 7.03. The van der Waals surface area contributed by atoms with Gasteiger partial charge in [-0.05, 0) is 38.3 Å². The minimum absolute atomic E-state index is 0.206. The summed E-state index contributed by atoms with van der Waals surface area (Å²) in [7, 11) is -3.33. The topological polar surface area (TPSA) is 58.2 Å². The third-order valence-corrected chi connectivity index (χ3v) is 6.48. The van der Waals surface area contributed by atoms with Gasteiger partial charge in [0.25, 0.3) is 10.0 Å². The quantitative estimate of drug-likeness (QED) is 0.811. The summed E-state index contributed by atoms with van der Waals surface area (Å²) < 4.78 is 27.5. The summed E-state index contributed by atoms with van der Waals surface area (Å²) in [6.07, 6.45) is 2.74. The fourth-order valence-electron chi connectivity index (χ4n) is 1.79. The van der Waals surface area contributed by atoms with E-state index in [1.54, 1.807) is 6.07 Å². The lowest BCUT2D eigenvalue weighted by molar-refractivity contribution is 0.560. The average Bonchev–Trinajstić information content (AvgIpc) is 2.81. The van der Waals surface area contributed by atoms with Crippen LogP contribution >= 0.6 is 11.3 Å². The van der Waals surface area contributed by atoms with Crippen molar-refractivity contribution < 1.29 is 8.42 Å². The normalized spacial score (nSPS) is 17.9. The molecule has 19 heavy (non-hydrogen) atoms. The summed E-state index contributed by atoms with van der Waals surface area (Å²) in [4.78, 5) is 1.11. The molecule has 0 radical (unpaired) electrons. The van der Waals surface area contributed by atoms with Crippen molar-refractivity contribution in [1.29, 1.82) is 0 Å². The number of rotatable bonds is 7. The van der Waals surface area contributed by atoms with Crippen LogP contribution in [0.25, 0.3) is 0 Å². The molecule has 0 atom stereocenters. The van der Waals surface area contributed by atoms with E-state index in [0.29, 0.717) is 10.3 Å². The van der Waals surface area contributed by atoms with E-state index in [4.69, 9.17) is 0 Å². The SMILES string of the molecule is CC(C)NCCc1ccc(S(=O)(=O)NC2(C)CC2)s1. The summed E-state index contributed by atoms with van der Waals surface area (Å²) in [6, 6.07) is 4.08. The van der Waals surface area contributed by atoms with Gasteiger partial charge in [-0.3, -0.25) is 0 Å². The minimum Gasteiger partial charge on any atom is -0.314 e. The maximum absolute atomic E-state index is 12.2. The molecular weight excluding hydrogens is 280 g/mol. The third-order valence-electron chi connectivity index (χ3n) is 3.21. The van der Waals surface area contributed by atoms with E-state index in [1.807, 2.05) is 13.0 Å². The van der Waals surface area contributed by atoms with Crippen LogP contribution in [0.4, 0.5) is 0 Å². The Morgan fingerprint density at radius 2 is 2.05 bits per heavy atom. The van der Waals surface area contributed by atoms with Gasteiger partial charge in [-0.15, -0.1) is 11.3 Å². The molecule has 1 aromatic rings. The standard InChI is InChI=1S/C13H22N2O2S2/c1-10(2)14-9-6-11-4-5-12(18-11)19(16,17)15-13(3)7-8-13/h4-5,10,14-15H,6-9H2,1-3H3. The maximum Gasteiger partial charge on any atom is 0.250 e. The number of hydrogen-bond acceptors (Lipinski definition) is 4. The molecule has 1 fully saturated rings. The van der Waals surface area contributed by atoms with Crippen molar-refractivity contribution in [2.45, 2.75) is 55.8 Å². The first kappa shape index (κ1) is 15.0. The summed E-state index contributed by atoms with van der Waals surface area (Å²) in [5.41, 5.74) is -0.206. The van der Waals surface area contributed by atoms with Gasteiger partial charge in [0.05, 0.1) is 0 Å². The monoisotopic (exact) mass is 302 g/mol. The van der Waals surface area contributed by atoms with E-state index in [-0.39, 0.29) is 5.54 Å². The summed E-state index contributed by atoms with van der Waals surface area (Å²) >= 11 is 1.37. The highest BCUT2D eigenvalue weighted by molar-refractivity contribution is 7.91. The molecule has 0 unspecified atom stereocenters. The van der Waals surface area contributed by atoms with E-state index in [0.717, 1.165) is 30.7 Å². The van der Waals surface area contributed by atoms with E-state index < -0.39 is 10.0 Å². The van der Waals surface area contributed by atoms with Gasteiger partial charge in [0.1, 0.15) is 4.21 Å². The Kier molecular flexibility index (Phi) is 4.35. The molecule has 108 valence electrons. The Balaban J connectivity index is 1.96. The molecule has 1 saturated carbocycles. The lowest BCUT2D eigenvalue weighted by atomic mass is 10.3. The molecule has 0 amide bonds. The molecule has 1 heterocycles. The number of hydrogen-bond donors (Lipinski definition) is 2. The zero-order valence-corrected chi connectivity index (χ0v) is 13.3. The van der Waals surface area contributed by atoms with Crippen LogP contribution in [-0.2, 0) is 16.4 Å². The van der Waals surface area contributed by atoms with Gasteiger partial charge in [0, 0.05) is 23.0 Å². The smallest absolute Gasteiger partial charge is 0.250 e. The largest absolute Gasteiger partial charge is 0.314 e. The van der Waals surface area contributed by atoms with Crippen LogP contribution in [-0.4, -0.2) is 26.5 Å². The van der Waals surface area contributed by atoms with E-state index in [1.165, 1.54) is 11.3 Å². The number of thiophene rings is 1. The minimum atomic E-state index is -3.33. The molecule has 0 saturated heterocycles. The molecule has 0 aromatic carbocycles. The predicted octanol–water partition coefficient (Wildman–Crippen LogP) is 2.12. The average molecular weight is 302 g/mol.